The number of hydrogen-bond acceptors (Lipinski definition) is 4. The lowest BCUT2D eigenvalue weighted by atomic mass is 9.86. The van der Waals surface area contributed by atoms with Gasteiger partial charge in [-0.1, -0.05) is 0 Å². The molecule has 3 atom stereocenters. The third-order valence-corrected chi connectivity index (χ3v) is 5.81. The van der Waals surface area contributed by atoms with Gasteiger partial charge in [-0.25, -0.2) is 0 Å². The molecule has 1 fully saturated rings. The molecule has 5 nitrogen and oxygen atoms in total. The zero-order valence-electron chi connectivity index (χ0n) is 15.4. The summed E-state index contributed by atoms with van der Waals surface area (Å²) in [5.41, 5.74) is 8.67. The van der Waals surface area contributed by atoms with Crippen molar-refractivity contribution in [3.8, 4) is 11.5 Å². The number of nitrogens with two attached hydrogens (primary N) is 1. The molecule has 0 radical (unpaired) electrons. The summed E-state index contributed by atoms with van der Waals surface area (Å²) in [7, 11) is 0. The van der Waals surface area contributed by atoms with Gasteiger partial charge in [-0.15, -0.1) is 12.4 Å². The van der Waals surface area contributed by atoms with Gasteiger partial charge in [-0.05, 0) is 70.1 Å². The van der Waals surface area contributed by atoms with E-state index >= 15 is 0 Å². The van der Waals surface area contributed by atoms with Gasteiger partial charge >= 0.3 is 0 Å². The number of benzene rings is 1. The van der Waals surface area contributed by atoms with Crippen molar-refractivity contribution in [2.24, 2.45) is 5.73 Å². The van der Waals surface area contributed by atoms with Crippen molar-refractivity contribution in [1.29, 1.82) is 0 Å². The number of phenols is 1. The zero-order chi connectivity index (χ0) is 17.6. The number of aromatic hydroxyl groups is 1. The molecule has 1 aromatic rings. The van der Waals surface area contributed by atoms with Gasteiger partial charge in [0, 0.05) is 24.1 Å². The van der Waals surface area contributed by atoms with Crippen LogP contribution in [0.2, 0.25) is 0 Å². The highest BCUT2D eigenvalue weighted by molar-refractivity contribution is 5.86. The van der Waals surface area contributed by atoms with Gasteiger partial charge in [0.1, 0.15) is 11.5 Å². The Bertz CT molecular complexity index is 692. The first-order chi connectivity index (χ1) is 11.2. The molecule has 3 unspecified atom stereocenters. The Morgan fingerprint density at radius 1 is 1.24 bits per heavy atom. The van der Waals surface area contributed by atoms with Gasteiger partial charge in [0.05, 0.1) is 0 Å². The van der Waals surface area contributed by atoms with Crippen LogP contribution in [0.1, 0.15) is 54.9 Å². The third kappa shape index (κ3) is 3.44. The van der Waals surface area contributed by atoms with Gasteiger partial charge in [0.15, 0.2) is 5.60 Å². The first-order valence-electron chi connectivity index (χ1n) is 8.80. The summed E-state index contributed by atoms with van der Waals surface area (Å²) in [6.45, 7) is 7.59. The molecule has 1 aromatic carbocycles. The molecule has 1 saturated carbocycles. The molecule has 140 valence electrons. The fourth-order valence-electron chi connectivity index (χ4n) is 3.89. The van der Waals surface area contributed by atoms with Gasteiger partial charge in [-0.3, -0.25) is 4.79 Å². The Morgan fingerprint density at radius 2 is 1.92 bits per heavy atom. The molecule has 1 heterocycles. The first kappa shape index (κ1) is 19.9. The summed E-state index contributed by atoms with van der Waals surface area (Å²) in [4.78, 5) is 12.8. The van der Waals surface area contributed by atoms with Gasteiger partial charge in [0.25, 0.3) is 5.91 Å². The predicted molar refractivity (Wildman–Crippen MR) is 101 cm³/mol. The number of hydrogen-bond donors (Lipinski definition) is 3. The van der Waals surface area contributed by atoms with Gasteiger partial charge in [-0.2, -0.15) is 0 Å². The standard InChI is InChI=1S/C19H28N2O3.ClH/c1-10-11(2)17-15(12(3)16(10)22)7-8-19(4,24-17)18(23)21-14-6-5-13(20)9-14;/h13-14,22H,5-9,20H2,1-4H3,(H,21,23);1H. The Morgan fingerprint density at radius 3 is 2.52 bits per heavy atom. The molecular formula is C19H29ClN2O3. The van der Waals surface area contributed by atoms with E-state index < -0.39 is 5.60 Å². The summed E-state index contributed by atoms with van der Waals surface area (Å²) in [6, 6.07) is 0.338. The van der Waals surface area contributed by atoms with Gasteiger partial charge < -0.3 is 20.9 Å². The molecule has 25 heavy (non-hydrogen) atoms. The fourth-order valence-corrected chi connectivity index (χ4v) is 3.89. The number of rotatable bonds is 2. The van der Waals surface area contributed by atoms with Crippen LogP contribution in [0, 0.1) is 20.8 Å². The molecular weight excluding hydrogens is 340 g/mol. The van der Waals surface area contributed by atoms with E-state index in [2.05, 4.69) is 5.32 Å². The SMILES string of the molecule is Cc1c(C)c2c(c(C)c1O)CCC(C)(C(=O)NC1CCC(N)C1)O2.Cl. The maximum atomic E-state index is 12.8. The van der Waals surface area contributed by atoms with Gasteiger partial charge in [0.2, 0.25) is 0 Å². The second-order valence-corrected chi connectivity index (χ2v) is 7.61. The first-order valence-corrected chi connectivity index (χ1v) is 8.80. The number of phenolic OH excluding ortho intramolecular Hbond substituents is 1. The summed E-state index contributed by atoms with van der Waals surface area (Å²) in [5, 5.41) is 13.4. The van der Waals surface area contributed by atoms with Crippen LogP contribution >= 0.6 is 12.4 Å². The monoisotopic (exact) mass is 368 g/mol. The van der Waals surface area contributed by atoms with Crippen LogP contribution < -0.4 is 15.8 Å². The molecule has 0 spiro atoms. The molecule has 0 aromatic heterocycles. The van der Waals surface area contributed by atoms with E-state index in [0.717, 1.165) is 53.7 Å². The lowest BCUT2D eigenvalue weighted by Crippen LogP contribution is -2.53. The molecule has 0 bridgehead atoms. The van der Waals surface area contributed by atoms with Crippen LogP contribution in [-0.2, 0) is 11.2 Å². The summed E-state index contributed by atoms with van der Waals surface area (Å²) < 4.78 is 6.21. The Kier molecular flexibility index (Phi) is 5.59. The van der Waals surface area contributed by atoms with E-state index in [9.17, 15) is 9.90 Å². The number of carbonyl (C=O) groups excluding carboxylic acids is 1. The fraction of sp³-hybridized carbons (Fsp3) is 0.632. The van der Waals surface area contributed by atoms with Crippen molar-refractivity contribution in [1.82, 2.24) is 5.32 Å². The highest BCUT2D eigenvalue weighted by Crippen LogP contribution is 2.43. The van der Waals surface area contributed by atoms with Crippen LogP contribution in [0.25, 0.3) is 0 Å². The van der Waals surface area contributed by atoms with Crippen molar-refractivity contribution in [2.75, 3.05) is 0 Å². The Labute approximate surface area is 155 Å². The maximum absolute atomic E-state index is 12.8. The maximum Gasteiger partial charge on any atom is 0.264 e. The number of amides is 1. The molecule has 1 aliphatic heterocycles. The number of nitrogens with one attached hydrogen (secondary N) is 1. The van der Waals surface area contributed by atoms with Crippen LogP contribution in [0.3, 0.4) is 0 Å². The quantitative estimate of drug-likeness (QED) is 0.749. The van der Waals surface area contributed by atoms with Crippen LogP contribution in [0.5, 0.6) is 11.5 Å². The molecule has 6 heteroatoms. The smallest absolute Gasteiger partial charge is 0.264 e. The normalized spacial score (nSPS) is 27.9. The number of halogens is 1. The number of carbonyl (C=O) groups is 1. The van der Waals surface area contributed by atoms with Crippen molar-refractivity contribution < 1.29 is 14.6 Å². The van der Waals surface area contributed by atoms with Crippen LogP contribution in [0.15, 0.2) is 0 Å². The summed E-state index contributed by atoms with van der Waals surface area (Å²) in [5.74, 6) is 1.03. The second kappa shape index (κ2) is 7.04. The van der Waals surface area contributed by atoms with E-state index in [1.165, 1.54) is 0 Å². The number of fused-ring (bicyclic) bond motifs is 1. The van der Waals surface area contributed by atoms with E-state index in [-0.39, 0.29) is 30.4 Å². The Hall–Kier alpha value is -1.46. The largest absolute Gasteiger partial charge is 0.507 e. The third-order valence-electron chi connectivity index (χ3n) is 5.81. The average Bonchev–Trinajstić information content (AvgIpc) is 2.95. The lowest BCUT2D eigenvalue weighted by molar-refractivity contribution is -0.137. The second-order valence-electron chi connectivity index (χ2n) is 7.61. The zero-order valence-corrected chi connectivity index (χ0v) is 16.3. The predicted octanol–water partition coefficient (Wildman–Crippen LogP) is 2.82. The van der Waals surface area contributed by atoms with Crippen molar-refractivity contribution in [3.05, 3.63) is 22.3 Å². The highest BCUT2D eigenvalue weighted by atomic mass is 35.5. The summed E-state index contributed by atoms with van der Waals surface area (Å²) in [6.07, 6.45) is 4.06. The minimum Gasteiger partial charge on any atom is -0.507 e. The molecule has 1 aliphatic carbocycles. The van der Waals surface area contributed by atoms with Crippen molar-refractivity contribution >= 4 is 18.3 Å². The number of ether oxygens (including phenoxy) is 1. The average molecular weight is 369 g/mol. The van der Waals surface area contributed by atoms with Crippen LogP contribution in [0.4, 0.5) is 0 Å². The topological polar surface area (TPSA) is 84.6 Å². The molecule has 4 N–H and O–H groups in total. The molecule has 3 rings (SSSR count). The van der Waals surface area contributed by atoms with Crippen molar-refractivity contribution in [2.45, 2.75) is 77.5 Å². The summed E-state index contributed by atoms with van der Waals surface area (Å²) >= 11 is 0. The molecule has 0 saturated heterocycles. The van der Waals surface area contributed by atoms with E-state index in [1.807, 2.05) is 27.7 Å². The van der Waals surface area contributed by atoms with E-state index in [4.69, 9.17) is 10.5 Å². The molecule has 2 aliphatic rings. The van der Waals surface area contributed by atoms with E-state index in [0.29, 0.717) is 12.2 Å². The Balaban J connectivity index is 0.00000225. The minimum atomic E-state index is -0.875. The lowest BCUT2D eigenvalue weighted by Gasteiger charge is -2.37. The van der Waals surface area contributed by atoms with E-state index in [1.54, 1.807) is 0 Å². The molecule has 1 amide bonds. The minimum absolute atomic E-state index is 0. The van der Waals surface area contributed by atoms with Crippen molar-refractivity contribution in [3.63, 3.8) is 0 Å². The highest BCUT2D eigenvalue weighted by Gasteiger charge is 2.42. The van der Waals surface area contributed by atoms with Crippen LogP contribution in [-0.4, -0.2) is 28.7 Å².